The van der Waals surface area contributed by atoms with Crippen LogP contribution in [0.5, 0.6) is 5.75 Å². The summed E-state index contributed by atoms with van der Waals surface area (Å²) in [5.41, 5.74) is 1.75. The highest BCUT2D eigenvalue weighted by atomic mass is 19.2. The van der Waals surface area contributed by atoms with E-state index in [-0.39, 0.29) is 23.6 Å². The Labute approximate surface area is 170 Å². The second-order valence-corrected chi connectivity index (χ2v) is 7.35. The molecule has 1 saturated carbocycles. The average Bonchev–Trinajstić information content (AvgIpc) is 2.73. The molecule has 0 aliphatic heterocycles. The standard InChI is InChI=1S/C24H27F3O2/c1-3-5-18-7-6-16(14-21(18)25)15-29-19-10-8-17(9-11-19)20-12-13-22(28-4-2)24(27)23(20)26/h3,5-7,12-14,17,19H,4,8-11,15H2,1-2H3/b5-3+. The summed E-state index contributed by atoms with van der Waals surface area (Å²) in [6.07, 6.45) is 6.54. The molecule has 0 radical (unpaired) electrons. The molecule has 0 atom stereocenters. The van der Waals surface area contributed by atoms with Crippen molar-refractivity contribution >= 4 is 6.08 Å². The van der Waals surface area contributed by atoms with Gasteiger partial charge in [-0.05, 0) is 68.7 Å². The minimum absolute atomic E-state index is 0.0300. The van der Waals surface area contributed by atoms with Crippen LogP contribution in [0.2, 0.25) is 0 Å². The minimum Gasteiger partial charge on any atom is -0.491 e. The van der Waals surface area contributed by atoms with E-state index < -0.39 is 11.6 Å². The van der Waals surface area contributed by atoms with Crippen LogP contribution in [-0.4, -0.2) is 12.7 Å². The molecule has 29 heavy (non-hydrogen) atoms. The first-order chi connectivity index (χ1) is 14.0. The number of hydrogen-bond donors (Lipinski definition) is 0. The molecular formula is C24H27F3O2. The van der Waals surface area contributed by atoms with Crippen LogP contribution < -0.4 is 4.74 Å². The van der Waals surface area contributed by atoms with Gasteiger partial charge in [-0.25, -0.2) is 8.78 Å². The van der Waals surface area contributed by atoms with Crippen LogP contribution in [0.4, 0.5) is 13.2 Å². The Balaban J connectivity index is 1.54. The van der Waals surface area contributed by atoms with E-state index in [0.717, 1.165) is 31.2 Å². The molecule has 2 aromatic rings. The summed E-state index contributed by atoms with van der Waals surface area (Å²) in [5.74, 6) is -2.06. The molecule has 156 valence electrons. The molecule has 0 N–H and O–H groups in total. The smallest absolute Gasteiger partial charge is 0.200 e. The van der Waals surface area contributed by atoms with Crippen LogP contribution in [0.25, 0.3) is 6.08 Å². The lowest BCUT2D eigenvalue weighted by molar-refractivity contribution is 0.0130. The summed E-state index contributed by atoms with van der Waals surface area (Å²) < 4.78 is 53.6. The van der Waals surface area contributed by atoms with Gasteiger partial charge in [0.15, 0.2) is 11.6 Å². The number of allylic oxidation sites excluding steroid dienone is 1. The van der Waals surface area contributed by atoms with Crippen molar-refractivity contribution in [2.75, 3.05) is 6.61 Å². The second kappa shape index (κ2) is 9.97. The minimum atomic E-state index is -0.911. The van der Waals surface area contributed by atoms with Gasteiger partial charge in [0.25, 0.3) is 0 Å². The highest BCUT2D eigenvalue weighted by molar-refractivity contribution is 5.50. The van der Waals surface area contributed by atoms with Crippen LogP contribution in [0.1, 0.15) is 62.1 Å². The Morgan fingerprint density at radius 2 is 1.76 bits per heavy atom. The fourth-order valence-electron chi connectivity index (χ4n) is 3.86. The van der Waals surface area contributed by atoms with Crippen LogP contribution in [0.3, 0.4) is 0 Å². The molecule has 2 aromatic carbocycles. The SMILES string of the molecule is C/C=C/c1ccc(COC2CCC(c3ccc(OCC)c(F)c3F)CC2)cc1F. The lowest BCUT2D eigenvalue weighted by atomic mass is 9.82. The zero-order valence-electron chi connectivity index (χ0n) is 16.9. The maximum Gasteiger partial charge on any atom is 0.200 e. The zero-order valence-corrected chi connectivity index (χ0v) is 16.9. The maximum atomic E-state index is 14.4. The van der Waals surface area contributed by atoms with E-state index in [2.05, 4.69) is 0 Å². The van der Waals surface area contributed by atoms with Gasteiger partial charge in [0.2, 0.25) is 5.82 Å². The number of hydrogen-bond acceptors (Lipinski definition) is 2. The summed E-state index contributed by atoms with van der Waals surface area (Å²) in [6.45, 7) is 4.21. The van der Waals surface area contributed by atoms with Crippen molar-refractivity contribution in [3.63, 3.8) is 0 Å². The molecule has 0 heterocycles. The summed E-state index contributed by atoms with van der Waals surface area (Å²) in [7, 11) is 0. The fourth-order valence-corrected chi connectivity index (χ4v) is 3.86. The van der Waals surface area contributed by atoms with Gasteiger partial charge in [-0.3, -0.25) is 0 Å². The molecule has 5 heteroatoms. The van der Waals surface area contributed by atoms with E-state index in [4.69, 9.17) is 9.47 Å². The molecule has 0 amide bonds. The van der Waals surface area contributed by atoms with Crippen molar-refractivity contribution in [2.45, 2.75) is 58.2 Å². The van der Waals surface area contributed by atoms with Gasteiger partial charge >= 0.3 is 0 Å². The molecule has 0 unspecified atom stereocenters. The molecule has 0 bridgehead atoms. The topological polar surface area (TPSA) is 18.5 Å². The van der Waals surface area contributed by atoms with Crippen LogP contribution in [0.15, 0.2) is 36.4 Å². The van der Waals surface area contributed by atoms with Gasteiger partial charge in [-0.15, -0.1) is 0 Å². The molecule has 2 nitrogen and oxygen atoms in total. The quantitative estimate of drug-likeness (QED) is 0.506. The van der Waals surface area contributed by atoms with E-state index in [1.165, 1.54) is 12.1 Å². The predicted molar refractivity (Wildman–Crippen MR) is 108 cm³/mol. The average molecular weight is 404 g/mol. The third kappa shape index (κ3) is 5.21. The fraction of sp³-hybridized carbons (Fsp3) is 0.417. The number of benzene rings is 2. The van der Waals surface area contributed by atoms with Crippen molar-refractivity contribution in [2.24, 2.45) is 0 Å². The van der Waals surface area contributed by atoms with E-state index in [1.54, 1.807) is 31.2 Å². The van der Waals surface area contributed by atoms with Crippen molar-refractivity contribution in [3.8, 4) is 5.75 Å². The summed E-state index contributed by atoms with van der Waals surface area (Å²) in [6, 6.07) is 8.24. The largest absolute Gasteiger partial charge is 0.491 e. The summed E-state index contributed by atoms with van der Waals surface area (Å²) in [4.78, 5) is 0. The maximum absolute atomic E-state index is 14.4. The number of rotatable bonds is 7. The lowest BCUT2D eigenvalue weighted by Gasteiger charge is -2.29. The second-order valence-electron chi connectivity index (χ2n) is 7.35. The molecule has 3 rings (SSSR count). The molecule has 1 aliphatic carbocycles. The van der Waals surface area contributed by atoms with Crippen LogP contribution in [0, 0.1) is 17.5 Å². The van der Waals surface area contributed by atoms with Crippen LogP contribution >= 0.6 is 0 Å². The van der Waals surface area contributed by atoms with Crippen molar-refractivity contribution in [1.82, 2.24) is 0 Å². The van der Waals surface area contributed by atoms with Gasteiger partial charge in [0.1, 0.15) is 5.82 Å². The highest BCUT2D eigenvalue weighted by Gasteiger charge is 2.27. The lowest BCUT2D eigenvalue weighted by Crippen LogP contribution is -2.21. The first-order valence-corrected chi connectivity index (χ1v) is 10.2. The summed E-state index contributed by atoms with van der Waals surface area (Å²) >= 11 is 0. The highest BCUT2D eigenvalue weighted by Crippen LogP contribution is 2.37. The van der Waals surface area contributed by atoms with Gasteiger partial charge < -0.3 is 9.47 Å². The third-order valence-electron chi connectivity index (χ3n) is 5.39. The van der Waals surface area contributed by atoms with Gasteiger partial charge in [0.05, 0.1) is 19.3 Å². The van der Waals surface area contributed by atoms with E-state index >= 15 is 0 Å². The van der Waals surface area contributed by atoms with Crippen molar-refractivity contribution < 1.29 is 22.6 Å². The Hall–Kier alpha value is -2.27. The van der Waals surface area contributed by atoms with E-state index in [0.29, 0.717) is 24.3 Å². The van der Waals surface area contributed by atoms with Gasteiger partial charge in [-0.2, -0.15) is 4.39 Å². The molecule has 0 saturated heterocycles. The number of ether oxygens (including phenoxy) is 2. The first kappa shape index (κ1) is 21.4. The molecule has 1 aliphatic rings. The predicted octanol–water partition coefficient (Wildman–Crippen LogP) is 6.78. The Bertz CT molecular complexity index is 855. The normalized spacial score (nSPS) is 19.6. The molecule has 0 aromatic heterocycles. The van der Waals surface area contributed by atoms with Gasteiger partial charge in [0, 0.05) is 5.56 Å². The number of halogens is 3. The summed E-state index contributed by atoms with van der Waals surface area (Å²) in [5, 5.41) is 0. The van der Waals surface area contributed by atoms with Gasteiger partial charge in [-0.1, -0.05) is 30.4 Å². The monoisotopic (exact) mass is 404 g/mol. The van der Waals surface area contributed by atoms with E-state index in [9.17, 15) is 13.2 Å². The van der Waals surface area contributed by atoms with Crippen molar-refractivity contribution in [3.05, 3.63) is 70.5 Å². The Kier molecular flexibility index (Phi) is 7.37. The van der Waals surface area contributed by atoms with E-state index in [1.807, 2.05) is 13.0 Å². The molecular weight excluding hydrogens is 377 g/mol. The molecule has 0 spiro atoms. The molecule has 1 fully saturated rings. The zero-order chi connectivity index (χ0) is 20.8. The van der Waals surface area contributed by atoms with Crippen molar-refractivity contribution in [1.29, 1.82) is 0 Å². The Morgan fingerprint density at radius 1 is 1.00 bits per heavy atom. The Morgan fingerprint density at radius 3 is 2.41 bits per heavy atom. The first-order valence-electron chi connectivity index (χ1n) is 10.2. The van der Waals surface area contributed by atoms with Crippen LogP contribution in [-0.2, 0) is 11.3 Å². The third-order valence-corrected chi connectivity index (χ3v) is 5.39.